The Labute approximate surface area is 72.0 Å². The number of aromatic nitrogens is 2. The molecule has 64 valence electrons. The molecule has 0 unspecified atom stereocenters. The maximum Gasteiger partial charge on any atom is 0.0997 e. The minimum atomic E-state index is 0.760. The molecule has 0 aliphatic heterocycles. The van der Waals surface area contributed by atoms with Crippen LogP contribution in [-0.2, 0) is 6.42 Å². The van der Waals surface area contributed by atoms with Gasteiger partial charge in [-0.05, 0) is 18.1 Å². The van der Waals surface area contributed by atoms with E-state index in [2.05, 4.69) is 30.0 Å². The fourth-order valence-electron chi connectivity index (χ4n) is 1.04. The quantitative estimate of drug-likeness (QED) is 0.613. The van der Waals surface area contributed by atoms with Gasteiger partial charge in [0.2, 0.25) is 0 Å². The molecule has 1 aromatic rings. The Bertz CT molecular complexity index is 382. The SMILES string of the molecule is C=c1[nH]cccc(CC)c(=C)[nH]1. The van der Waals surface area contributed by atoms with Crippen molar-refractivity contribution in [1.29, 1.82) is 0 Å². The van der Waals surface area contributed by atoms with Crippen molar-refractivity contribution in [2.75, 3.05) is 0 Å². The van der Waals surface area contributed by atoms with Crippen molar-refractivity contribution < 1.29 is 0 Å². The van der Waals surface area contributed by atoms with Crippen LogP contribution in [-0.4, -0.2) is 9.97 Å². The molecule has 0 aliphatic rings. The molecule has 1 rings (SSSR count). The zero-order valence-corrected chi connectivity index (χ0v) is 7.35. The molecule has 0 saturated carbocycles. The Morgan fingerprint density at radius 2 is 2.17 bits per heavy atom. The summed E-state index contributed by atoms with van der Waals surface area (Å²) < 4.78 is 0. The minimum Gasteiger partial charge on any atom is -0.349 e. The van der Waals surface area contributed by atoms with Gasteiger partial charge in [0.1, 0.15) is 0 Å². The van der Waals surface area contributed by atoms with Gasteiger partial charge in [-0.25, -0.2) is 0 Å². The van der Waals surface area contributed by atoms with E-state index >= 15 is 0 Å². The molecule has 0 spiro atoms. The van der Waals surface area contributed by atoms with Crippen molar-refractivity contribution in [2.24, 2.45) is 0 Å². The monoisotopic (exact) mass is 162 g/mol. The highest BCUT2D eigenvalue weighted by atomic mass is 14.8. The minimum absolute atomic E-state index is 0.760. The third-order valence-corrected chi connectivity index (χ3v) is 1.72. The number of rotatable bonds is 1. The molecule has 2 heteroatoms. The van der Waals surface area contributed by atoms with E-state index in [0.29, 0.717) is 0 Å². The molecular weight excluding hydrogens is 148 g/mol. The second-order valence-corrected chi connectivity index (χ2v) is 2.63. The predicted molar refractivity (Wildman–Crippen MR) is 52.4 cm³/mol. The van der Waals surface area contributed by atoms with Crippen molar-refractivity contribution in [1.82, 2.24) is 9.97 Å². The van der Waals surface area contributed by atoms with Gasteiger partial charge >= 0.3 is 0 Å². The van der Waals surface area contributed by atoms with Crippen molar-refractivity contribution in [3.05, 3.63) is 34.7 Å². The van der Waals surface area contributed by atoms with Crippen LogP contribution in [0, 0.1) is 0 Å². The van der Waals surface area contributed by atoms with E-state index in [1.807, 2.05) is 18.3 Å². The normalized spacial score (nSPS) is 9.42. The third-order valence-electron chi connectivity index (χ3n) is 1.72. The summed E-state index contributed by atoms with van der Waals surface area (Å²) in [7, 11) is 0. The lowest BCUT2D eigenvalue weighted by atomic mass is 10.2. The van der Waals surface area contributed by atoms with Crippen LogP contribution in [0.1, 0.15) is 12.5 Å². The first kappa shape index (κ1) is 8.65. The Morgan fingerprint density at radius 1 is 1.42 bits per heavy atom. The topological polar surface area (TPSA) is 31.6 Å². The summed E-state index contributed by atoms with van der Waals surface area (Å²) in [6, 6.07) is 3.99. The van der Waals surface area contributed by atoms with Gasteiger partial charge in [-0.1, -0.05) is 26.1 Å². The molecule has 0 aromatic carbocycles. The van der Waals surface area contributed by atoms with Crippen molar-refractivity contribution in [3.8, 4) is 0 Å². The second kappa shape index (κ2) is 3.81. The molecule has 0 saturated heterocycles. The fourth-order valence-corrected chi connectivity index (χ4v) is 1.04. The van der Waals surface area contributed by atoms with E-state index in [9.17, 15) is 0 Å². The Balaban J connectivity index is 3.48. The molecule has 1 heterocycles. The van der Waals surface area contributed by atoms with E-state index in [1.54, 1.807) is 0 Å². The van der Waals surface area contributed by atoms with E-state index in [4.69, 9.17) is 0 Å². The smallest absolute Gasteiger partial charge is 0.0997 e. The van der Waals surface area contributed by atoms with Crippen LogP contribution in [0.2, 0.25) is 0 Å². The summed E-state index contributed by atoms with van der Waals surface area (Å²) in [5.74, 6) is 0. The summed E-state index contributed by atoms with van der Waals surface area (Å²) in [5, 5.41) is 0.916. The first-order valence-electron chi connectivity index (χ1n) is 4.01. The first-order valence-corrected chi connectivity index (χ1v) is 4.01. The number of nitrogens with one attached hydrogen (secondary N) is 2. The van der Waals surface area contributed by atoms with Crippen LogP contribution < -0.4 is 10.8 Å². The van der Waals surface area contributed by atoms with Crippen molar-refractivity contribution in [2.45, 2.75) is 13.3 Å². The highest BCUT2D eigenvalue weighted by molar-refractivity contribution is 5.12. The second-order valence-electron chi connectivity index (χ2n) is 2.63. The van der Waals surface area contributed by atoms with E-state index in [-0.39, 0.29) is 0 Å². The molecule has 1 aromatic heterocycles. The van der Waals surface area contributed by atoms with Crippen LogP contribution >= 0.6 is 0 Å². The summed E-state index contributed by atoms with van der Waals surface area (Å²) in [5.41, 5.74) is 1.96. The van der Waals surface area contributed by atoms with Crippen molar-refractivity contribution in [3.63, 3.8) is 0 Å². The van der Waals surface area contributed by atoms with Crippen LogP contribution in [0.3, 0.4) is 0 Å². The molecule has 2 nitrogen and oxygen atoms in total. The molecule has 12 heavy (non-hydrogen) atoms. The average Bonchev–Trinajstić information content (AvgIpc) is 2.01. The molecule has 0 amide bonds. The Morgan fingerprint density at radius 3 is 2.83 bits per heavy atom. The van der Waals surface area contributed by atoms with Gasteiger partial charge in [0, 0.05) is 11.5 Å². The largest absolute Gasteiger partial charge is 0.349 e. The van der Waals surface area contributed by atoms with Crippen LogP contribution in [0.5, 0.6) is 0 Å². The van der Waals surface area contributed by atoms with Gasteiger partial charge in [-0.3, -0.25) is 0 Å². The maximum absolute atomic E-state index is 3.90. The number of H-pyrrole nitrogens is 2. The van der Waals surface area contributed by atoms with E-state index < -0.39 is 0 Å². The molecule has 0 fully saturated rings. The van der Waals surface area contributed by atoms with Gasteiger partial charge in [-0.2, -0.15) is 0 Å². The molecular formula is C10H14N2. The van der Waals surface area contributed by atoms with Gasteiger partial charge in [0.25, 0.3) is 0 Å². The van der Waals surface area contributed by atoms with Crippen molar-refractivity contribution >= 4 is 13.2 Å². The standard InChI is InChI=1S/C10H14N2/c1-4-10-6-5-7-11-9(3)12-8(10)2/h5-7,11-12H,2-4H2,1H3. The average molecular weight is 162 g/mol. The third kappa shape index (κ3) is 2.02. The fraction of sp³-hybridized carbons (Fsp3) is 0.200. The van der Waals surface area contributed by atoms with Gasteiger partial charge in [0.05, 0.1) is 5.48 Å². The van der Waals surface area contributed by atoms with Gasteiger partial charge in [0.15, 0.2) is 0 Å². The van der Waals surface area contributed by atoms with E-state index in [1.165, 1.54) is 5.56 Å². The zero-order valence-electron chi connectivity index (χ0n) is 7.35. The van der Waals surface area contributed by atoms with Gasteiger partial charge in [-0.15, -0.1) is 0 Å². The van der Waals surface area contributed by atoms with E-state index in [0.717, 1.165) is 17.2 Å². The number of aromatic amines is 2. The van der Waals surface area contributed by atoms with Crippen LogP contribution in [0.15, 0.2) is 18.3 Å². The van der Waals surface area contributed by atoms with Gasteiger partial charge < -0.3 is 9.97 Å². The molecule has 0 aliphatic carbocycles. The number of hydrogen-bond acceptors (Lipinski definition) is 0. The number of hydrogen-bond donors (Lipinski definition) is 2. The Kier molecular flexibility index (Phi) is 2.75. The first-order chi connectivity index (χ1) is 5.74. The van der Waals surface area contributed by atoms with Crippen LogP contribution in [0.4, 0.5) is 0 Å². The summed E-state index contributed by atoms with van der Waals surface area (Å²) in [6.07, 6.45) is 2.82. The number of aryl methyl sites for hydroxylation is 1. The summed E-state index contributed by atoms with van der Waals surface area (Å²) in [6.45, 7) is 9.78. The molecule has 2 N–H and O–H groups in total. The predicted octanol–water partition coefficient (Wildman–Crippen LogP) is 0.850. The highest BCUT2D eigenvalue weighted by Gasteiger charge is 1.84. The molecule has 0 radical (unpaired) electrons. The maximum atomic E-state index is 3.90. The molecule has 0 bridgehead atoms. The lowest BCUT2D eigenvalue weighted by Crippen LogP contribution is -2.20. The zero-order chi connectivity index (χ0) is 8.97. The lowest BCUT2D eigenvalue weighted by Gasteiger charge is -1.93. The Hall–Kier alpha value is -1.44. The highest BCUT2D eigenvalue weighted by Crippen LogP contribution is 1.85. The summed E-state index contributed by atoms with van der Waals surface area (Å²) in [4.78, 5) is 6.03. The van der Waals surface area contributed by atoms with Crippen LogP contribution in [0.25, 0.3) is 13.2 Å². The molecule has 0 atom stereocenters. The summed E-state index contributed by atoms with van der Waals surface area (Å²) >= 11 is 0. The lowest BCUT2D eigenvalue weighted by molar-refractivity contribution is 1.03.